The van der Waals surface area contributed by atoms with E-state index in [4.69, 9.17) is 5.11 Å². The molecule has 98 valence electrons. The predicted molar refractivity (Wildman–Crippen MR) is 75.7 cm³/mol. The molecular formula is C16H11NO3. The number of aliphatic carboxylic acids is 1. The third-order valence-electron chi connectivity index (χ3n) is 3.23. The summed E-state index contributed by atoms with van der Waals surface area (Å²) in [6, 6.07) is 15.3. The zero-order valence-electron chi connectivity index (χ0n) is 10.5. The van der Waals surface area contributed by atoms with E-state index in [1.165, 1.54) is 6.20 Å². The molecule has 4 heteroatoms. The third-order valence-corrected chi connectivity index (χ3v) is 3.23. The van der Waals surface area contributed by atoms with Crippen molar-refractivity contribution in [2.45, 2.75) is 0 Å². The molecule has 20 heavy (non-hydrogen) atoms. The van der Waals surface area contributed by atoms with E-state index in [0.29, 0.717) is 5.39 Å². The first kappa shape index (κ1) is 12.2. The molecule has 0 spiro atoms. The summed E-state index contributed by atoms with van der Waals surface area (Å²) in [5, 5.41) is 9.46. The number of aromatic amines is 1. The Kier molecular flexibility index (Phi) is 2.84. The molecule has 4 nitrogen and oxygen atoms in total. The van der Waals surface area contributed by atoms with Crippen LogP contribution in [-0.4, -0.2) is 21.8 Å². The highest BCUT2D eigenvalue weighted by Crippen LogP contribution is 2.26. The van der Waals surface area contributed by atoms with Gasteiger partial charge >= 0.3 is 5.97 Å². The summed E-state index contributed by atoms with van der Waals surface area (Å²) in [5.74, 6) is -2.35. The molecule has 0 aliphatic carbocycles. The normalized spacial score (nSPS) is 10.6. The number of H-pyrrole nitrogens is 1. The van der Waals surface area contributed by atoms with Gasteiger partial charge in [0.15, 0.2) is 0 Å². The molecule has 1 aromatic heterocycles. The van der Waals surface area contributed by atoms with E-state index < -0.39 is 11.8 Å². The molecule has 0 bridgehead atoms. The standard InChI is InChI=1S/C16H11NO3/c18-15(16(19)20)13-9-17-14-7-6-11(8-12(13)14)10-4-2-1-3-5-10/h1-9,17H,(H,19,20). The van der Waals surface area contributed by atoms with E-state index in [1.54, 1.807) is 0 Å². The summed E-state index contributed by atoms with van der Waals surface area (Å²) in [7, 11) is 0. The number of carbonyl (C=O) groups is 2. The maximum absolute atomic E-state index is 11.6. The van der Waals surface area contributed by atoms with Crippen LogP contribution in [0.4, 0.5) is 0 Å². The first-order valence-electron chi connectivity index (χ1n) is 6.11. The smallest absolute Gasteiger partial charge is 0.377 e. The summed E-state index contributed by atoms with van der Waals surface area (Å²) >= 11 is 0. The monoisotopic (exact) mass is 265 g/mol. The second-order valence-corrected chi connectivity index (χ2v) is 4.46. The number of rotatable bonds is 3. The maximum atomic E-state index is 11.6. The van der Waals surface area contributed by atoms with Gasteiger partial charge in [-0.2, -0.15) is 0 Å². The number of hydrogen-bond acceptors (Lipinski definition) is 2. The molecular weight excluding hydrogens is 254 g/mol. The summed E-state index contributed by atoms with van der Waals surface area (Å²) in [4.78, 5) is 25.4. The van der Waals surface area contributed by atoms with Crippen LogP contribution in [-0.2, 0) is 4.79 Å². The molecule has 0 amide bonds. The van der Waals surface area contributed by atoms with Gasteiger partial charge in [0.1, 0.15) is 0 Å². The lowest BCUT2D eigenvalue weighted by atomic mass is 10.0. The number of nitrogens with one attached hydrogen (secondary N) is 1. The lowest BCUT2D eigenvalue weighted by Gasteiger charge is -2.02. The van der Waals surface area contributed by atoms with Crippen molar-refractivity contribution in [2.24, 2.45) is 0 Å². The van der Waals surface area contributed by atoms with Gasteiger partial charge in [0.25, 0.3) is 5.78 Å². The van der Waals surface area contributed by atoms with Crippen molar-refractivity contribution in [1.82, 2.24) is 4.98 Å². The molecule has 0 aliphatic heterocycles. The van der Waals surface area contributed by atoms with E-state index >= 15 is 0 Å². The summed E-state index contributed by atoms with van der Waals surface area (Å²) in [6.07, 6.45) is 1.44. The number of carboxylic acids is 1. The van der Waals surface area contributed by atoms with Gasteiger partial charge in [0, 0.05) is 17.1 Å². The Bertz CT molecular complexity index is 803. The van der Waals surface area contributed by atoms with E-state index in [9.17, 15) is 9.59 Å². The quantitative estimate of drug-likeness (QED) is 0.564. The minimum Gasteiger partial charge on any atom is -0.475 e. The van der Waals surface area contributed by atoms with Crippen molar-refractivity contribution < 1.29 is 14.7 Å². The van der Waals surface area contributed by atoms with Gasteiger partial charge in [-0.1, -0.05) is 36.4 Å². The van der Waals surface area contributed by atoms with Gasteiger partial charge in [-0.05, 0) is 23.3 Å². The van der Waals surface area contributed by atoms with E-state index in [0.717, 1.165) is 16.6 Å². The average Bonchev–Trinajstić information content (AvgIpc) is 2.90. The highest BCUT2D eigenvalue weighted by molar-refractivity contribution is 6.42. The first-order valence-corrected chi connectivity index (χ1v) is 6.11. The van der Waals surface area contributed by atoms with E-state index in [-0.39, 0.29) is 5.56 Å². The van der Waals surface area contributed by atoms with Crippen LogP contribution in [0.1, 0.15) is 10.4 Å². The highest BCUT2D eigenvalue weighted by Gasteiger charge is 2.18. The molecule has 0 aliphatic rings. The lowest BCUT2D eigenvalue weighted by Crippen LogP contribution is -2.11. The van der Waals surface area contributed by atoms with Crippen molar-refractivity contribution in [3.63, 3.8) is 0 Å². The van der Waals surface area contributed by atoms with Gasteiger partial charge in [-0.15, -0.1) is 0 Å². The van der Waals surface area contributed by atoms with Gasteiger partial charge in [-0.25, -0.2) is 4.79 Å². The Morgan fingerprint density at radius 1 is 0.950 bits per heavy atom. The minimum atomic E-state index is -1.45. The number of benzene rings is 2. The SMILES string of the molecule is O=C(O)C(=O)c1c[nH]c2ccc(-c3ccccc3)cc12. The Hall–Kier alpha value is -2.88. The van der Waals surface area contributed by atoms with Crippen LogP contribution in [0.5, 0.6) is 0 Å². The van der Waals surface area contributed by atoms with Crippen molar-refractivity contribution in [3.8, 4) is 11.1 Å². The third kappa shape index (κ3) is 1.97. The Balaban J connectivity index is 2.17. The average molecular weight is 265 g/mol. The largest absolute Gasteiger partial charge is 0.475 e. The van der Waals surface area contributed by atoms with Gasteiger partial charge < -0.3 is 10.1 Å². The van der Waals surface area contributed by atoms with Crippen LogP contribution < -0.4 is 0 Å². The van der Waals surface area contributed by atoms with Gasteiger partial charge in [0.05, 0.1) is 5.56 Å². The number of carbonyl (C=O) groups excluding carboxylic acids is 1. The van der Waals surface area contributed by atoms with Crippen LogP contribution in [0.2, 0.25) is 0 Å². The highest BCUT2D eigenvalue weighted by atomic mass is 16.4. The molecule has 0 saturated carbocycles. The number of Topliss-reactive ketones (excluding diaryl/α,β-unsaturated/α-hetero) is 1. The molecule has 2 aromatic carbocycles. The fraction of sp³-hybridized carbons (Fsp3) is 0. The molecule has 0 saturated heterocycles. The van der Waals surface area contributed by atoms with Crippen LogP contribution in [0.15, 0.2) is 54.7 Å². The van der Waals surface area contributed by atoms with Crippen LogP contribution in [0.25, 0.3) is 22.0 Å². The van der Waals surface area contributed by atoms with Crippen molar-refractivity contribution in [1.29, 1.82) is 0 Å². The summed E-state index contributed by atoms with van der Waals surface area (Å²) < 4.78 is 0. The fourth-order valence-corrected chi connectivity index (χ4v) is 2.23. The zero-order valence-corrected chi connectivity index (χ0v) is 10.5. The minimum absolute atomic E-state index is 0.185. The molecule has 0 fully saturated rings. The molecule has 0 unspecified atom stereocenters. The number of fused-ring (bicyclic) bond motifs is 1. The molecule has 0 atom stereocenters. The van der Waals surface area contributed by atoms with Gasteiger partial charge in [-0.3, -0.25) is 4.79 Å². The van der Waals surface area contributed by atoms with Gasteiger partial charge in [0.2, 0.25) is 0 Å². The molecule has 3 aromatic rings. The first-order chi connectivity index (χ1) is 9.66. The van der Waals surface area contributed by atoms with E-state index in [2.05, 4.69) is 4.98 Å². The Morgan fingerprint density at radius 2 is 1.70 bits per heavy atom. The molecule has 0 radical (unpaired) electrons. The van der Waals surface area contributed by atoms with E-state index in [1.807, 2.05) is 48.5 Å². The number of carboxylic acid groups (broad SMARTS) is 1. The summed E-state index contributed by atoms with van der Waals surface area (Å²) in [5.41, 5.74) is 2.89. The van der Waals surface area contributed by atoms with Crippen LogP contribution >= 0.6 is 0 Å². The predicted octanol–water partition coefficient (Wildman–Crippen LogP) is 3.10. The molecule has 3 rings (SSSR count). The summed E-state index contributed by atoms with van der Waals surface area (Å²) in [6.45, 7) is 0. The fourth-order valence-electron chi connectivity index (χ4n) is 2.23. The second kappa shape index (κ2) is 4.66. The second-order valence-electron chi connectivity index (χ2n) is 4.46. The Morgan fingerprint density at radius 3 is 2.40 bits per heavy atom. The Labute approximate surface area is 114 Å². The maximum Gasteiger partial charge on any atom is 0.377 e. The lowest BCUT2D eigenvalue weighted by molar-refractivity contribution is -0.131. The molecule has 2 N–H and O–H groups in total. The number of ketones is 1. The van der Waals surface area contributed by atoms with Crippen molar-refractivity contribution >= 4 is 22.7 Å². The number of hydrogen-bond donors (Lipinski definition) is 2. The van der Waals surface area contributed by atoms with Crippen molar-refractivity contribution in [3.05, 3.63) is 60.3 Å². The zero-order chi connectivity index (χ0) is 14.1. The topological polar surface area (TPSA) is 70.2 Å². The number of aromatic nitrogens is 1. The van der Waals surface area contributed by atoms with Crippen LogP contribution in [0, 0.1) is 0 Å². The molecule has 1 heterocycles. The van der Waals surface area contributed by atoms with Crippen molar-refractivity contribution in [2.75, 3.05) is 0 Å². The van der Waals surface area contributed by atoms with Crippen LogP contribution in [0.3, 0.4) is 0 Å².